The zero-order chi connectivity index (χ0) is 11.4. The summed E-state index contributed by atoms with van der Waals surface area (Å²) < 4.78 is 0. The molecule has 2 unspecified atom stereocenters. The number of benzene rings is 1. The highest BCUT2D eigenvalue weighted by atomic mass is 35.5. The summed E-state index contributed by atoms with van der Waals surface area (Å²) in [6.07, 6.45) is 0.639. The van der Waals surface area contributed by atoms with Crippen molar-refractivity contribution in [1.29, 1.82) is 0 Å². The van der Waals surface area contributed by atoms with Crippen LogP contribution in [0.1, 0.15) is 38.9 Å². The van der Waals surface area contributed by atoms with Gasteiger partial charge in [0.1, 0.15) is 0 Å². The van der Waals surface area contributed by atoms with Crippen molar-refractivity contribution < 1.29 is 5.11 Å². The number of thioether (sulfide) groups is 1. The molecule has 0 heterocycles. The molecule has 0 amide bonds. The topological polar surface area (TPSA) is 20.2 Å². The van der Waals surface area contributed by atoms with E-state index in [-0.39, 0.29) is 0 Å². The van der Waals surface area contributed by atoms with Gasteiger partial charge in [0.2, 0.25) is 0 Å². The Morgan fingerprint density at radius 1 is 1.40 bits per heavy atom. The third-order valence-corrected chi connectivity index (χ3v) is 3.92. The quantitative estimate of drug-likeness (QED) is 0.798. The fourth-order valence-electron chi connectivity index (χ4n) is 1.24. The standard InChI is InChI=1S/C12H17ClOS/c1-4-8(2)15-10-5-6-11(9(3)14)12(13)7-10/h5-9,14H,4H2,1-3H3. The van der Waals surface area contributed by atoms with Crippen molar-refractivity contribution >= 4 is 23.4 Å². The zero-order valence-corrected chi connectivity index (χ0v) is 10.9. The highest BCUT2D eigenvalue weighted by Crippen LogP contribution is 2.31. The van der Waals surface area contributed by atoms with Crippen LogP contribution in [-0.2, 0) is 0 Å². The molecule has 0 aliphatic rings. The first kappa shape index (κ1) is 12.9. The third kappa shape index (κ3) is 3.71. The second kappa shape index (κ2) is 5.78. The van der Waals surface area contributed by atoms with E-state index in [1.54, 1.807) is 6.92 Å². The first-order valence-corrected chi connectivity index (χ1v) is 6.44. The van der Waals surface area contributed by atoms with Crippen LogP contribution in [0.5, 0.6) is 0 Å². The van der Waals surface area contributed by atoms with Crippen molar-refractivity contribution in [3.05, 3.63) is 28.8 Å². The van der Waals surface area contributed by atoms with E-state index in [2.05, 4.69) is 13.8 Å². The van der Waals surface area contributed by atoms with Gasteiger partial charge in [-0.05, 0) is 31.0 Å². The Balaban J connectivity index is 2.82. The summed E-state index contributed by atoms with van der Waals surface area (Å²) in [6.45, 7) is 6.09. The van der Waals surface area contributed by atoms with Gasteiger partial charge in [0.05, 0.1) is 6.10 Å². The Labute approximate surface area is 101 Å². The molecule has 0 aliphatic carbocycles. The average molecular weight is 245 g/mol. The number of aliphatic hydroxyl groups excluding tert-OH is 1. The highest BCUT2D eigenvalue weighted by molar-refractivity contribution is 7.99. The lowest BCUT2D eigenvalue weighted by atomic mass is 10.1. The molecule has 0 saturated heterocycles. The minimum absolute atomic E-state index is 0.500. The minimum atomic E-state index is -0.500. The Morgan fingerprint density at radius 3 is 2.53 bits per heavy atom. The van der Waals surface area contributed by atoms with Crippen molar-refractivity contribution in [2.75, 3.05) is 0 Å². The number of halogens is 1. The van der Waals surface area contributed by atoms with Crippen LogP contribution in [0.2, 0.25) is 5.02 Å². The van der Waals surface area contributed by atoms with E-state index in [0.717, 1.165) is 12.0 Å². The fourth-order valence-corrected chi connectivity index (χ4v) is 2.60. The Morgan fingerprint density at radius 2 is 2.07 bits per heavy atom. The van der Waals surface area contributed by atoms with Gasteiger partial charge in [0, 0.05) is 15.2 Å². The van der Waals surface area contributed by atoms with Gasteiger partial charge in [-0.1, -0.05) is 31.5 Å². The number of aliphatic hydroxyl groups is 1. The first-order valence-electron chi connectivity index (χ1n) is 5.18. The normalized spacial score (nSPS) is 15.0. The smallest absolute Gasteiger partial charge is 0.0776 e. The van der Waals surface area contributed by atoms with Crippen molar-refractivity contribution in [3.8, 4) is 0 Å². The molecule has 2 atom stereocenters. The van der Waals surface area contributed by atoms with Crippen LogP contribution in [0.15, 0.2) is 23.1 Å². The molecule has 1 rings (SSSR count). The molecule has 0 aromatic heterocycles. The van der Waals surface area contributed by atoms with Crippen LogP contribution in [0.4, 0.5) is 0 Å². The number of hydrogen-bond donors (Lipinski definition) is 1. The van der Waals surface area contributed by atoms with Gasteiger partial charge in [-0.2, -0.15) is 0 Å². The van der Waals surface area contributed by atoms with Crippen LogP contribution in [0.3, 0.4) is 0 Å². The van der Waals surface area contributed by atoms with E-state index in [4.69, 9.17) is 11.6 Å². The summed E-state index contributed by atoms with van der Waals surface area (Å²) in [4.78, 5) is 1.17. The van der Waals surface area contributed by atoms with E-state index < -0.39 is 6.10 Å². The monoisotopic (exact) mass is 244 g/mol. The largest absolute Gasteiger partial charge is 0.389 e. The summed E-state index contributed by atoms with van der Waals surface area (Å²) in [5.74, 6) is 0. The van der Waals surface area contributed by atoms with Gasteiger partial charge in [-0.15, -0.1) is 11.8 Å². The van der Waals surface area contributed by atoms with Crippen LogP contribution in [-0.4, -0.2) is 10.4 Å². The van der Waals surface area contributed by atoms with Gasteiger partial charge < -0.3 is 5.11 Å². The molecule has 1 aromatic rings. The Kier molecular flexibility index (Phi) is 4.97. The van der Waals surface area contributed by atoms with Crippen molar-refractivity contribution in [3.63, 3.8) is 0 Å². The molecule has 3 heteroatoms. The molecular weight excluding hydrogens is 228 g/mol. The molecule has 1 N–H and O–H groups in total. The molecule has 0 saturated carbocycles. The Bertz CT molecular complexity index is 325. The highest BCUT2D eigenvalue weighted by Gasteiger charge is 2.08. The molecule has 0 aliphatic heterocycles. The van der Waals surface area contributed by atoms with Gasteiger partial charge in [0.25, 0.3) is 0 Å². The number of hydrogen-bond acceptors (Lipinski definition) is 2. The average Bonchev–Trinajstić information content (AvgIpc) is 2.17. The zero-order valence-electron chi connectivity index (χ0n) is 9.33. The molecular formula is C12H17ClOS. The van der Waals surface area contributed by atoms with Gasteiger partial charge in [-0.3, -0.25) is 0 Å². The van der Waals surface area contributed by atoms with Crippen molar-refractivity contribution in [2.45, 2.75) is 43.4 Å². The predicted octanol–water partition coefficient (Wildman–Crippen LogP) is 4.28. The predicted molar refractivity (Wildman–Crippen MR) is 67.7 cm³/mol. The van der Waals surface area contributed by atoms with E-state index >= 15 is 0 Å². The first-order chi connectivity index (χ1) is 7.04. The maximum Gasteiger partial charge on any atom is 0.0776 e. The molecule has 0 bridgehead atoms. The summed E-state index contributed by atoms with van der Waals surface area (Å²) in [6, 6.07) is 5.85. The van der Waals surface area contributed by atoms with Crippen LogP contribution < -0.4 is 0 Å². The molecule has 84 valence electrons. The van der Waals surface area contributed by atoms with E-state index in [1.807, 2.05) is 30.0 Å². The SMILES string of the molecule is CCC(C)Sc1ccc(C(C)O)c(Cl)c1. The van der Waals surface area contributed by atoms with Gasteiger partial charge >= 0.3 is 0 Å². The van der Waals surface area contributed by atoms with Crippen LogP contribution in [0, 0.1) is 0 Å². The second-order valence-electron chi connectivity index (χ2n) is 3.70. The summed E-state index contributed by atoms with van der Waals surface area (Å²) >= 11 is 7.89. The van der Waals surface area contributed by atoms with E-state index in [0.29, 0.717) is 10.3 Å². The van der Waals surface area contributed by atoms with E-state index in [1.165, 1.54) is 4.90 Å². The third-order valence-electron chi connectivity index (χ3n) is 2.33. The summed E-state index contributed by atoms with van der Waals surface area (Å²) in [7, 11) is 0. The molecule has 0 spiro atoms. The van der Waals surface area contributed by atoms with Crippen LogP contribution >= 0.6 is 23.4 Å². The molecule has 0 fully saturated rings. The molecule has 15 heavy (non-hydrogen) atoms. The van der Waals surface area contributed by atoms with Crippen molar-refractivity contribution in [2.24, 2.45) is 0 Å². The maximum atomic E-state index is 9.43. The number of rotatable bonds is 4. The summed E-state index contributed by atoms with van der Waals surface area (Å²) in [5.41, 5.74) is 0.796. The second-order valence-corrected chi connectivity index (χ2v) is 5.62. The lowest BCUT2D eigenvalue weighted by Crippen LogP contribution is -1.94. The maximum absolute atomic E-state index is 9.43. The lowest BCUT2D eigenvalue weighted by Gasteiger charge is -2.11. The Hall–Kier alpha value is -0.180. The molecule has 1 nitrogen and oxygen atoms in total. The van der Waals surface area contributed by atoms with Crippen LogP contribution in [0.25, 0.3) is 0 Å². The lowest BCUT2D eigenvalue weighted by molar-refractivity contribution is 0.199. The summed E-state index contributed by atoms with van der Waals surface area (Å²) in [5, 5.41) is 10.7. The fraction of sp³-hybridized carbons (Fsp3) is 0.500. The van der Waals surface area contributed by atoms with E-state index in [9.17, 15) is 5.11 Å². The van der Waals surface area contributed by atoms with Gasteiger partial charge in [-0.25, -0.2) is 0 Å². The van der Waals surface area contributed by atoms with Crippen molar-refractivity contribution in [1.82, 2.24) is 0 Å². The molecule has 0 radical (unpaired) electrons. The molecule has 1 aromatic carbocycles. The van der Waals surface area contributed by atoms with Gasteiger partial charge in [0.15, 0.2) is 0 Å². The minimum Gasteiger partial charge on any atom is -0.389 e.